The summed E-state index contributed by atoms with van der Waals surface area (Å²) in [7, 11) is 0. The van der Waals surface area contributed by atoms with E-state index in [9.17, 15) is 0 Å². The van der Waals surface area contributed by atoms with Gasteiger partial charge in [0.2, 0.25) is 5.95 Å². The molecule has 0 atom stereocenters. The van der Waals surface area contributed by atoms with Crippen LogP contribution in [0.1, 0.15) is 25.1 Å². The third-order valence-corrected chi connectivity index (χ3v) is 10.3. The highest BCUT2D eigenvalue weighted by Crippen LogP contribution is 2.49. The highest BCUT2D eigenvalue weighted by molar-refractivity contribution is 6.11. The van der Waals surface area contributed by atoms with Crippen molar-refractivity contribution in [1.29, 1.82) is 0 Å². The van der Waals surface area contributed by atoms with Gasteiger partial charge in [-0.2, -0.15) is 9.97 Å². The van der Waals surface area contributed by atoms with Crippen LogP contribution in [0.5, 0.6) is 0 Å². The van der Waals surface area contributed by atoms with Gasteiger partial charge in [0.25, 0.3) is 0 Å². The van der Waals surface area contributed by atoms with Crippen molar-refractivity contribution in [2.45, 2.75) is 19.3 Å². The molecule has 5 heteroatoms. The number of nitrogens with zero attached hydrogens (tertiary/aromatic N) is 5. The second-order valence-electron chi connectivity index (χ2n) is 13.8. The maximum absolute atomic E-state index is 5.32. The predicted molar refractivity (Wildman–Crippen MR) is 207 cm³/mol. The average molecular weight is 656 g/mol. The van der Waals surface area contributed by atoms with E-state index in [4.69, 9.17) is 15.0 Å². The van der Waals surface area contributed by atoms with Gasteiger partial charge in [0.05, 0.1) is 16.7 Å². The van der Waals surface area contributed by atoms with Crippen LogP contribution < -0.4 is 0 Å². The molecule has 3 aromatic heterocycles. The fourth-order valence-corrected chi connectivity index (χ4v) is 7.93. The lowest BCUT2D eigenvalue weighted by molar-refractivity contribution is 0.645. The summed E-state index contributed by atoms with van der Waals surface area (Å²) < 4.78 is 4.64. The van der Waals surface area contributed by atoms with Gasteiger partial charge < -0.3 is 4.57 Å². The molecule has 5 nitrogen and oxygen atoms in total. The maximum atomic E-state index is 5.32. The minimum Gasteiger partial charge on any atom is -0.317 e. The molecule has 0 saturated carbocycles. The highest BCUT2D eigenvalue weighted by atomic mass is 15.2. The molecule has 10 rings (SSSR count). The lowest BCUT2D eigenvalue weighted by atomic mass is 9.83. The Balaban J connectivity index is 1.25. The van der Waals surface area contributed by atoms with Gasteiger partial charge in [0, 0.05) is 39.2 Å². The minimum atomic E-state index is -0.239. The van der Waals surface area contributed by atoms with Gasteiger partial charge in [0.15, 0.2) is 11.6 Å². The van der Waals surface area contributed by atoms with Crippen LogP contribution in [-0.4, -0.2) is 24.1 Å². The summed E-state index contributed by atoms with van der Waals surface area (Å²) in [5, 5.41) is 2.35. The van der Waals surface area contributed by atoms with Crippen molar-refractivity contribution in [2.75, 3.05) is 0 Å². The first-order valence-corrected chi connectivity index (χ1v) is 17.4. The molecular weight excluding hydrogens is 623 g/mol. The Morgan fingerprint density at radius 1 is 0.471 bits per heavy atom. The molecule has 0 aliphatic carbocycles. The minimum absolute atomic E-state index is 0.239. The SMILES string of the molecule is CC1(C)c2ccccc2-n2cc3c4ccccc4n(-c4nc(-c5cccc(-c6ccccc6)c5)nc(-c5cccc(-c6ccccc6)c5)n4)c3c21. The summed E-state index contributed by atoms with van der Waals surface area (Å²) in [6, 6.07) is 55.2. The zero-order valence-electron chi connectivity index (χ0n) is 28.3. The quantitative estimate of drug-likeness (QED) is 0.185. The van der Waals surface area contributed by atoms with Crippen molar-refractivity contribution in [1.82, 2.24) is 24.1 Å². The molecular formula is C46H33N5. The third kappa shape index (κ3) is 4.59. The number of benzene rings is 6. The Morgan fingerprint density at radius 3 is 1.65 bits per heavy atom. The van der Waals surface area contributed by atoms with Gasteiger partial charge in [-0.25, -0.2) is 4.98 Å². The van der Waals surface area contributed by atoms with Crippen molar-refractivity contribution in [3.63, 3.8) is 0 Å². The van der Waals surface area contributed by atoms with Crippen molar-refractivity contribution in [3.8, 4) is 56.7 Å². The molecule has 0 amide bonds. The molecule has 0 spiro atoms. The van der Waals surface area contributed by atoms with E-state index in [-0.39, 0.29) is 5.41 Å². The van der Waals surface area contributed by atoms with Gasteiger partial charge in [-0.3, -0.25) is 4.57 Å². The summed E-state index contributed by atoms with van der Waals surface area (Å²) in [6.07, 6.45) is 2.30. The van der Waals surface area contributed by atoms with Crippen molar-refractivity contribution < 1.29 is 0 Å². The molecule has 4 heterocycles. The van der Waals surface area contributed by atoms with E-state index in [1.807, 2.05) is 12.1 Å². The topological polar surface area (TPSA) is 48.5 Å². The van der Waals surface area contributed by atoms with E-state index in [1.165, 1.54) is 27.7 Å². The Kier molecular flexibility index (Phi) is 6.46. The molecule has 0 bridgehead atoms. The smallest absolute Gasteiger partial charge is 0.238 e. The van der Waals surface area contributed by atoms with Crippen LogP contribution in [-0.2, 0) is 5.41 Å². The van der Waals surface area contributed by atoms with E-state index in [0.29, 0.717) is 17.6 Å². The first kappa shape index (κ1) is 29.3. The van der Waals surface area contributed by atoms with E-state index >= 15 is 0 Å². The average Bonchev–Trinajstić information content (AvgIpc) is 3.81. The van der Waals surface area contributed by atoms with Crippen LogP contribution in [0.15, 0.2) is 164 Å². The second kappa shape index (κ2) is 11.2. The van der Waals surface area contributed by atoms with Crippen molar-refractivity contribution >= 4 is 21.8 Å². The van der Waals surface area contributed by atoms with Crippen LogP contribution in [0.2, 0.25) is 0 Å². The fraction of sp³-hybridized carbons (Fsp3) is 0.0652. The Hall–Kier alpha value is -6.59. The molecule has 1 aliphatic heterocycles. The van der Waals surface area contributed by atoms with Gasteiger partial charge in [-0.15, -0.1) is 0 Å². The van der Waals surface area contributed by atoms with Gasteiger partial charge in [-0.05, 0) is 52.1 Å². The first-order chi connectivity index (χ1) is 25.0. The van der Waals surface area contributed by atoms with Crippen LogP contribution in [0.4, 0.5) is 0 Å². The zero-order chi connectivity index (χ0) is 34.1. The van der Waals surface area contributed by atoms with Crippen LogP contribution in [0.3, 0.4) is 0 Å². The normalized spacial score (nSPS) is 13.1. The van der Waals surface area contributed by atoms with E-state index in [0.717, 1.165) is 44.4 Å². The molecule has 0 unspecified atom stereocenters. The standard InChI is InChI=1S/C46H33N5/c1-46(2)38-24-10-12-26-40(38)50-29-37-36-23-9-11-25-39(36)51(41(37)42(46)50)45-48-43(34-21-13-19-32(27-34)30-15-5-3-6-16-30)47-44(49-45)35-22-14-20-33(28-35)31-17-7-4-8-18-31/h3-29H,1-2H3. The predicted octanol–water partition coefficient (Wildman–Crippen LogP) is 11.1. The molecule has 9 aromatic rings. The maximum Gasteiger partial charge on any atom is 0.238 e. The molecule has 242 valence electrons. The van der Waals surface area contributed by atoms with E-state index in [1.54, 1.807) is 0 Å². The number of para-hydroxylation sites is 2. The molecule has 0 fully saturated rings. The molecule has 1 aliphatic rings. The molecule has 0 N–H and O–H groups in total. The summed E-state index contributed by atoms with van der Waals surface area (Å²) in [6.45, 7) is 4.64. The summed E-state index contributed by atoms with van der Waals surface area (Å²) in [5.41, 5.74) is 12.1. The summed E-state index contributed by atoms with van der Waals surface area (Å²) in [4.78, 5) is 15.8. The Morgan fingerprint density at radius 2 is 1.00 bits per heavy atom. The van der Waals surface area contributed by atoms with E-state index in [2.05, 4.69) is 175 Å². The van der Waals surface area contributed by atoms with Gasteiger partial charge in [0.1, 0.15) is 0 Å². The number of rotatable bonds is 5. The van der Waals surface area contributed by atoms with E-state index < -0.39 is 0 Å². The second-order valence-corrected chi connectivity index (χ2v) is 13.8. The third-order valence-electron chi connectivity index (χ3n) is 10.3. The summed E-state index contributed by atoms with van der Waals surface area (Å²) >= 11 is 0. The molecule has 6 aromatic carbocycles. The molecule has 0 radical (unpaired) electrons. The number of hydrogen-bond donors (Lipinski definition) is 0. The number of fused-ring (bicyclic) bond motifs is 7. The zero-order valence-corrected chi connectivity index (χ0v) is 28.3. The van der Waals surface area contributed by atoms with Crippen molar-refractivity contribution in [3.05, 3.63) is 175 Å². The molecule has 51 heavy (non-hydrogen) atoms. The van der Waals surface area contributed by atoms with Crippen LogP contribution in [0.25, 0.3) is 78.5 Å². The first-order valence-electron chi connectivity index (χ1n) is 17.4. The summed E-state index contributed by atoms with van der Waals surface area (Å²) in [5.74, 6) is 1.85. The number of hydrogen-bond acceptors (Lipinski definition) is 3. The monoisotopic (exact) mass is 655 g/mol. The van der Waals surface area contributed by atoms with Crippen LogP contribution in [0, 0.1) is 0 Å². The van der Waals surface area contributed by atoms with Gasteiger partial charge >= 0.3 is 0 Å². The highest BCUT2D eigenvalue weighted by Gasteiger charge is 2.40. The number of aromatic nitrogens is 5. The fourth-order valence-electron chi connectivity index (χ4n) is 7.93. The van der Waals surface area contributed by atoms with Crippen LogP contribution >= 0.6 is 0 Å². The lowest BCUT2D eigenvalue weighted by Gasteiger charge is -2.20. The largest absolute Gasteiger partial charge is 0.317 e. The molecule has 0 saturated heterocycles. The Labute approximate surface area is 296 Å². The van der Waals surface area contributed by atoms with Gasteiger partial charge in [-0.1, -0.05) is 147 Å². The van der Waals surface area contributed by atoms with Crippen molar-refractivity contribution in [2.24, 2.45) is 0 Å². The Bertz CT molecular complexity index is 2670. The lowest BCUT2D eigenvalue weighted by Crippen LogP contribution is -2.17.